The summed E-state index contributed by atoms with van der Waals surface area (Å²) in [5.74, 6) is -0.569. The SMILES string of the molecule is C[NH+]1CC[NH+](CC(=O)Nc2ccc([N+](=O)[O-])cc2C(=O)c2ccccc2)CC1. The van der Waals surface area contributed by atoms with E-state index in [0.717, 1.165) is 26.2 Å². The van der Waals surface area contributed by atoms with E-state index in [4.69, 9.17) is 0 Å². The number of carbonyl (C=O) groups is 2. The topological polar surface area (TPSA) is 98.2 Å². The van der Waals surface area contributed by atoms with Crippen LogP contribution in [0.1, 0.15) is 15.9 Å². The highest BCUT2D eigenvalue weighted by molar-refractivity contribution is 6.14. The summed E-state index contributed by atoms with van der Waals surface area (Å²) in [7, 11) is 2.13. The van der Waals surface area contributed by atoms with Crippen LogP contribution < -0.4 is 15.1 Å². The lowest BCUT2D eigenvalue weighted by atomic mass is 10.0. The zero-order chi connectivity index (χ0) is 20.1. The van der Waals surface area contributed by atoms with Crippen LogP contribution in [0, 0.1) is 10.1 Å². The van der Waals surface area contributed by atoms with Crippen molar-refractivity contribution in [2.45, 2.75) is 0 Å². The smallest absolute Gasteiger partial charge is 0.279 e. The van der Waals surface area contributed by atoms with Gasteiger partial charge in [-0.15, -0.1) is 0 Å². The van der Waals surface area contributed by atoms with Crippen LogP contribution in [-0.4, -0.2) is 56.4 Å². The Labute approximate surface area is 162 Å². The van der Waals surface area contributed by atoms with Gasteiger partial charge in [0.1, 0.15) is 26.2 Å². The average Bonchev–Trinajstić information content (AvgIpc) is 2.70. The molecule has 1 fully saturated rings. The molecule has 3 rings (SSSR count). The number of amides is 1. The van der Waals surface area contributed by atoms with Gasteiger partial charge in [-0.05, 0) is 6.07 Å². The van der Waals surface area contributed by atoms with E-state index in [0.29, 0.717) is 17.8 Å². The molecule has 0 radical (unpaired) electrons. The van der Waals surface area contributed by atoms with Gasteiger partial charge in [-0.3, -0.25) is 19.7 Å². The van der Waals surface area contributed by atoms with Gasteiger partial charge in [0.2, 0.25) is 0 Å². The van der Waals surface area contributed by atoms with Crippen LogP contribution in [0.15, 0.2) is 48.5 Å². The van der Waals surface area contributed by atoms with E-state index in [1.54, 1.807) is 30.3 Å². The molecule has 0 unspecified atom stereocenters. The summed E-state index contributed by atoms with van der Waals surface area (Å²) in [5, 5.41) is 13.9. The number of non-ortho nitro benzene ring substituents is 1. The molecule has 28 heavy (non-hydrogen) atoms. The quantitative estimate of drug-likeness (QED) is 0.344. The number of nitro benzene ring substituents is 1. The molecule has 2 aromatic rings. The molecular weight excluding hydrogens is 360 g/mol. The Bertz CT molecular complexity index is 877. The molecule has 1 aliphatic heterocycles. The normalized spacial score (nSPS) is 19.0. The molecule has 0 spiro atoms. The second kappa shape index (κ2) is 8.73. The third-order valence-corrected chi connectivity index (χ3v) is 4.99. The summed E-state index contributed by atoms with van der Waals surface area (Å²) in [6, 6.07) is 12.5. The molecule has 0 saturated carbocycles. The first-order valence-corrected chi connectivity index (χ1v) is 9.27. The molecular formula is C20H24N4O4+2. The first-order chi connectivity index (χ1) is 13.4. The van der Waals surface area contributed by atoms with Gasteiger partial charge in [0.15, 0.2) is 12.3 Å². The molecule has 146 valence electrons. The molecule has 1 saturated heterocycles. The van der Waals surface area contributed by atoms with E-state index in [2.05, 4.69) is 12.4 Å². The Morgan fingerprint density at radius 2 is 1.75 bits per heavy atom. The highest BCUT2D eigenvalue weighted by Gasteiger charge is 2.24. The van der Waals surface area contributed by atoms with Crippen LogP contribution >= 0.6 is 0 Å². The molecule has 3 N–H and O–H groups in total. The van der Waals surface area contributed by atoms with Gasteiger partial charge in [0, 0.05) is 17.7 Å². The number of hydrogen-bond acceptors (Lipinski definition) is 4. The highest BCUT2D eigenvalue weighted by atomic mass is 16.6. The van der Waals surface area contributed by atoms with Crippen LogP contribution in [0.2, 0.25) is 0 Å². The number of anilines is 1. The minimum absolute atomic E-state index is 0.117. The van der Waals surface area contributed by atoms with Gasteiger partial charge < -0.3 is 15.1 Å². The number of rotatable bonds is 6. The van der Waals surface area contributed by atoms with Gasteiger partial charge in [-0.1, -0.05) is 30.3 Å². The number of hydrogen-bond donors (Lipinski definition) is 3. The van der Waals surface area contributed by atoms with E-state index >= 15 is 0 Å². The van der Waals surface area contributed by atoms with E-state index < -0.39 is 4.92 Å². The summed E-state index contributed by atoms with van der Waals surface area (Å²) in [4.78, 5) is 38.6. The number of piperazine rings is 1. The maximum atomic E-state index is 12.9. The van der Waals surface area contributed by atoms with Gasteiger partial charge in [0.25, 0.3) is 11.6 Å². The molecule has 2 aromatic carbocycles. The maximum absolute atomic E-state index is 12.9. The molecule has 0 aromatic heterocycles. The fourth-order valence-electron chi connectivity index (χ4n) is 3.32. The average molecular weight is 384 g/mol. The number of benzene rings is 2. The lowest BCUT2D eigenvalue weighted by Crippen LogP contribution is -3.27. The molecule has 0 aliphatic carbocycles. The number of nitrogens with one attached hydrogen (secondary N) is 3. The molecule has 8 nitrogen and oxygen atoms in total. The van der Waals surface area contributed by atoms with Crippen molar-refractivity contribution in [2.75, 3.05) is 45.1 Å². The van der Waals surface area contributed by atoms with Gasteiger partial charge in [-0.25, -0.2) is 0 Å². The van der Waals surface area contributed by atoms with Crippen LogP contribution in [0.5, 0.6) is 0 Å². The standard InChI is InChI=1S/C20H22N4O4/c1-22-9-11-23(12-10-22)14-19(25)21-18-8-7-16(24(27)28)13-17(18)20(26)15-5-3-2-4-6-15/h2-8,13H,9-12,14H2,1H3,(H,21,25)/p+2. The number of likely N-dealkylation sites (N-methyl/N-ethyl adjacent to an activating group) is 1. The van der Waals surface area contributed by atoms with Crippen molar-refractivity contribution in [2.24, 2.45) is 0 Å². The number of nitrogens with zero attached hydrogens (tertiary/aromatic N) is 1. The predicted molar refractivity (Wildman–Crippen MR) is 104 cm³/mol. The fourth-order valence-corrected chi connectivity index (χ4v) is 3.32. The molecule has 1 amide bonds. The molecule has 0 bridgehead atoms. The van der Waals surface area contributed by atoms with Crippen molar-refractivity contribution < 1.29 is 24.3 Å². The van der Waals surface area contributed by atoms with E-state index in [-0.39, 0.29) is 22.9 Å². The van der Waals surface area contributed by atoms with Crippen LogP contribution in [0.25, 0.3) is 0 Å². The lowest BCUT2D eigenvalue weighted by molar-refractivity contribution is -0.999. The van der Waals surface area contributed by atoms with Gasteiger partial charge in [0.05, 0.1) is 23.2 Å². The third kappa shape index (κ3) is 4.79. The number of ketones is 1. The summed E-state index contributed by atoms with van der Waals surface area (Å²) in [5.41, 5.74) is 0.631. The monoisotopic (exact) mass is 384 g/mol. The highest BCUT2D eigenvalue weighted by Crippen LogP contribution is 2.24. The summed E-state index contributed by atoms with van der Waals surface area (Å²) >= 11 is 0. The van der Waals surface area contributed by atoms with Crippen molar-refractivity contribution in [3.63, 3.8) is 0 Å². The van der Waals surface area contributed by atoms with Crippen LogP contribution in [0.3, 0.4) is 0 Å². The summed E-state index contributed by atoms with van der Waals surface area (Å²) < 4.78 is 0. The van der Waals surface area contributed by atoms with E-state index in [1.807, 2.05) is 0 Å². The largest absolute Gasteiger partial charge is 0.328 e. The second-order valence-electron chi connectivity index (χ2n) is 7.11. The zero-order valence-corrected chi connectivity index (χ0v) is 15.7. The third-order valence-electron chi connectivity index (χ3n) is 4.99. The Hall–Kier alpha value is -3.10. The zero-order valence-electron chi connectivity index (χ0n) is 15.7. The van der Waals surface area contributed by atoms with Crippen LogP contribution in [-0.2, 0) is 4.79 Å². The Balaban J connectivity index is 1.80. The van der Waals surface area contributed by atoms with E-state index in [9.17, 15) is 19.7 Å². The second-order valence-corrected chi connectivity index (χ2v) is 7.11. The van der Waals surface area contributed by atoms with Crippen molar-refractivity contribution in [1.29, 1.82) is 0 Å². The van der Waals surface area contributed by atoms with Crippen molar-refractivity contribution in [3.8, 4) is 0 Å². The predicted octanol–water partition coefficient (Wildman–Crippen LogP) is -0.822. The van der Waals surface area contributed by atoms with Gasteiger partial charge in [-0.2, -0.15) is 0 Å². The minimum Gasteiger partial charge on any atom is -0.328 e. The van der Waals surface area contributed by atoms with Crippen molar-refractivity contribution in [3.05, 3.63) is 69.8 Å². The Morgan fingerprint density at radius 1 is 1.07 bits per heavy atom. The lowest BCUT2D eigenvalue weighted by Gasteiger charge is -2.26. The maximum Gasteiger partial charge on any atom is 0.279 e. The number of carbonyl (C=O) groups excluding carboxylic acids is 2. The summed E-state index contributed by atoms with van der Waals surface area (Å²) in [6.07, 6.45) is 0. The Morgan fingerprint density at radius 3 is 2.39 bits per heavy atom. The number of nitro groups is 1. The molecule has 1 aliphatic rings. The van der Waals surface area contributed by atoms with Crippen molar-refractivity contribution >= 4 is 23.1 Å². The minimum atomic E-state index is -0.552. The molecule has 8 heteroatoms. The number of quaternary nitrogens is 2. The van der Waals surface area contributed by atoms with Gasteiger partial charge >= 0.3 is 0 Å². The van der Waals surface area contributed by atoms with E-state index in [1.165, 1.54) is 28.0 Å². The summed E-state index contributed by atoms with van der Waals surface area (Å²) in [6.45, 7) is 4.16. The molecule has 0 atom stereocenters. The molecule has 1 heterocycles. The van der Waals surface area contributed by atoms with Crippen molar-refractivity contribution in [1.82, 2.24) is 0 Å². The fraction of sp³-hybridized carbons (Fsp3) is 0.300. The van der Waals surface area contributed by atoms with Crippen LogP contribution in [0.4, 0.5) is 11.4 Å². The first-order valence-electron chi connectivity index (χ1n) is 9.27. The Kier molecular flexibility index (Phi) is 6.13. The first kappa shape index (κ1) is 19.7.